The monoisotopic (exact) mass is 318 g/mol. The fraction of sp³-hybridized carbons (Fsp3) is 0.650. The summed E-state index contributed by atoms with van der Waals surface area (Å²) >= 11 is 0. The predicted molar refractivity (Wildman–Crippen MR) is 93.0 cm³/mol. The summed E-state index contributed by atoms with van der Waals surface area (Å²) in [7, 11) is 0. The number of hydrogen-bond acceptors (Lipinski definition) is 2. The quantitative estimate of drug-likeness (QED) is 0.599. The van der Waals surface area contributed by atoms with Gasteiger partial charge in [0, 0.05) is 0 Å². The molecule has 2 aliphatic rings. The molecule has 2 saturated carbocycles. The average molecular weight is 318 g/mol. The van der Waals surface area contributed by atoms with Gasteiger partial charge in [0.25, 0.3) is 0 Å². The number of aliphatic hydroxyl groups is 1. The molecule has 3 nitrogen and oxygen atoms in total. The van der Waals surface area contributed by atoms with Crippen LogP contribution >= 0.6 is 0 Å². The lowest BCUT2D eigenvalue weighted by molar-refractivity contribution is -0.182. The lowest BCUT2D eigenvalue weighted by atomic mass is 9.46. The van der Waals surface area contributed by atoms with Gasteiger partial charge in [-0.05, 0) is 63.2 Å². The molecule has 2 N–H and O–H groups in total. The Morgan fingerprint density at radius 1 is 1.39 bits per heavy atom. The van der Waals surface area contributed by atoms with Gasteiger partial charge in [0.2, 0.25) is 0 Å². The van der Waals surface area contributed by atoms with E-state index in [2.05, 4.69) is 26.2 Å². The number of hydrogen-bond donors (Lipinski definition) is 2. The number of allylic oxidation sites excluding steroid dienone is 4. The molecule has 0 spiro atoms. The van der Waals surface area contributed by atoms with Gasteiger partial charge in [0.15, 0.2) is 0 Å². The first-order valence-corrected chi connectivity index (χ1v) is 8.56. The molecular formula is C20H30O3. The minimum absolute atomic E-state index is 0.0239. The molecule has 0 aromatic carbocycles. The molecule has 0 radical (unpaired) electrons. The molecule has 2 aliphatic carbocycles. The van der Waals surface area contributed by atoms with Crippen molar-refractivity contribution in [3.05, 3.63) is 36.5 Å². The van der Waals surface area contributed by atoms with Gasteiger partial charge < -0.3 is 10.2 Å². The van der Waals surface area contributed by atoms with Crippen molar-refractivity contribution in [1.82, 2.24) is 0 Å². The number of carboxylic acid groups (broad SMARTS) is 1. The fourth-order valence-corrected chi connectivity index (χ4v) is 4.97. The summed E-state index contributed by atoms with van der Waals surface area (Å²) < 4.78 is 0. The molecule has 2 fully saturated rings. The number of fused-ring (bicyclic) bond motifs is 1. The molecule has 0 amide bonds. The second kappa shape index (κ2) is 6.27. The van der Waals surface area contributed by atoms with E-state index in [0.717, 1.165) is 31.3 Å². The van der Waals surface area contributed by atoms with E-state index in [1.54, 1.807) is 6.92 Å². The van der Waals surface area contributed by atoms with Crippen molar-refractivity contribution < 1.29 is 15.0 Å². The molecule has 23 heavy (non-hydrogen) atoms. The van der Waals surface area contributed by atoms with E-state index >= 15 is 0 Å². The zero-order chi connectivity index (χ0) is 17.4. The molecule has 2 rings (SSSR count). The van der Waals surface area contributed by atoms with Crippen LogP contribution in [0.5, 0.6) is 0 Å². The molecule has 3 heteroatoms. The molecule has 128 valence electrons. The third-order valence-corrected chi connectivity index (χ3v) is 6.67. The maximum absolute atomic E-state index is 12.0. The summed E-state index contributed by atoms with van der Waals surface area (Å²) in [5.74, 6) is -0.628. The van der Waals surface area contributed by atoms with Crippen LogP contribution in [0.25, 0.3) is 0 Å². The van der Waals surface area contributed by atoms with Crippen molar-refractivity contribution >= 4 is 5.97 Å². The van der Waals surface area contributed by atoms with Gasteiger partial charge in [-0.3, -0.25) is 4.79 Å². The van der Waals surface area contributed by atoms with Gasteiger partial charge in [-0.15, -0.1) is 0 Å². The smallest absolute Gasteiger partial charge is 0.312 e. The topological polar surface area (TPSA) is 57.5 Å². The molecule has 0 heterocycles. The number of rotatable bonds is 4. The van der Waals surface area contributed by atoms with Crippen LogP contribution in [-0.4, -0.2) is 22.3 Å². The molecule has 5 unspecified atom stereocenters. The lowest BCUT2D eigenvalue weighted by Gasteiger charge is -2.58. The normalized spacial score (nSPS) is 41.3. The van der Waals surface area contributed by atoms with E-state index in [9.17, 15) is 15.0 Å². The van der Waals surface area contributed by atoms with Crippen molar-refractivity contribution in [3.63, 3.8) is 0 Å². The van der Waals surface area contributed by atoms with Crippen molar-refractivity contribution in [2.75, 3.05) is 0 Å². The first-order valence-electron chi connectivity index (χ1n) is 8.56. The highest BCUT2D eigenvalue weighted by molar-refractivity contribution is 5.76. The minimum atomic E-state index is -1.07. The number of carboxylic acids is 1. The highest BCUT2D eigenvalue weighted by Crippen LogP contribution is 2.61. The highest BCUT2D eigenvalue weighted by atomic mass is 16.4. The third-order valence-electron chi connectivity index (χ3n) is 6.67. The first-order chi connectivity index (χ1) is 10.7. The van der Waals surface area contributed by atoms with Gasteiger partial charge in [-0.1, -0.05) is 43.4 Å². The van der Waals surface area contributed by atoms with E-state index in [0.29, 0.717) is 6.42 Å². The molecule has 0 bridgehead atoms. The minimum Gasteiger partial charge on any atom is -0.481 e. The Balaban J connectivity index is 2.41. The molecular weight excluding hydrogens is 288 g/mol. The number of carbonyl (C=O) groups is 1. The highest BCUT2D eigenvalue weighted by Gasteiger charge is 2.60. The molecule has 5 atom stereocenters. The summed E-state index contributed by atoms with van der Waals surface area (Å²) in [5, 5.41) is 20.3. The Hall–Kier alpha value is -1.35. The van der Waals surface area contributed by atoms with E-state index in [4.69, 9.17) is 0 Å². The number of aliphatic hydroxyl groups excluding tert-OH is 1. The lowest BCUT2D eigenvalue weighted by Crippen LogP contribution is -2.59. The zero-order valence-corrected chi connectivity index (χ0v) is 14.6. The first kappa shape index (κ1) is 18.0. The van der Waals surface area contributed by atoms with Crippen LogP contribution in [0, 0.1) is 22.7 Å². The fourth-order valence-electron chi connectivity index (χ4n) is 4.97. The average Bonchev–Trinajstić information content (AvgIpc) is 2.50. The Kier molecular flexibility index (Phi) is 4.91. The Morgan fingerprint density at radius 3 is 2.61 bits per heavy atom. The van der Waals surface area contributed by atoms with Crippen LogP contribution in [0.15, 0.2) is 36.5 Å². The van der Waals surface area contributed by atoms with Crippen LogP contribution in [-0.2, 0) is 4.79 Å². The Morgan fingerprint density at radius 2 is 2.04 bits per heavy atom. The molecule has 0 aliphatic heterocycles. The maximum atomic E-state index is 12.0. The Labute approximate surface area is 139 Å². The van der Waals surface area contributed by atoms with E-state index in [1.165, 1.54) is 5.57 Å². The molecule has 0 saturated heterocycles. The second-order valence-electron chi connectivity index (χ2n) is 7.84. The van der Waals surface area contributed by atoms with Gasteiger partial charge in [0.05, 0.1) is 11.5 Å². The van der Waals surface area contributed by atoms with Crippen LogP contribution in [0.2, 0.25) is 0 Å². The van der Waals surface area contributed by atoms with Gasteiger partial charge in [0.1, 0.15) is 0 Å². The molecule has 0 aromatic rings. The largest absolute Gasteiger partial charge is 0.481 e. The van der Waals surface area contributed by atoms with Crippen molar-refractivity contribution in [2.45, 2.75) is 59.0 Å². The van der Waals surface area contributed by atoms with Gasteiger partial charge in [-0.25, -0.2) is 0 Å². The third kappa shape index (κ3) is 2.80. The van der Waals surface area contributed by atoms with E-state index in [-0.39, 0.29) is 17.3 Å². The standard InChI is InChI=1S/C20H30O3/c1-6-13(2)7-9-15-14(3)8-10-16-19(15,4)12-11-17(21)20(16,5)18(22)23/h6-7,15-17,21H,1,3,8-12H2,2,4-5H3,(H,22,23). The van der Waals surface area contributed by atoms with Crippen LogP contribution in [0.3, 0.4) is 0 Å². The summed E-state index contributed by atoms with van der Waals surface area (Å²) in [6.07, 6.45) is 7.18. The van der Waals surface area contributed by atoms with Gasteiger partial charge in [-0.2, -0.15) is 0 Å². The zero-order valence-electron chi connectivity index (χ0n) is 14.6. The van der Waals surface area contributed by atoms with E-state index in [1.807, 2.05) is 13.0 Å². The summed E-state index contributed by atoms with van der Waals surface area (Å²) in [6.45, 7) is 14.1. The van der Waals surface area contributed by atoms with Crippen molar-refractivity contribution in [1.29, 1.82) is 0 Å². The summed E-state index contributed by atoms with van der Waals surface area (Å²) in [4.78, 5) is 12.0. The molecule has 0 aromatic heterocycles. The van der Waals surface area contributed by atoms with E-state index < -0.39 is 17.5 Å². The van der Waals surface area contributed by atoms with Crippen LogP contribution in [0.4, 0.5) is 0 Å². The number of aliphatic carboxylic acids is 1. The summed E-state index contributed by atoms with van der Waals surface area (Å²) in [5.41, 5.74) is 1.17. The van der Waals surface area contributed by atoms with Crippen LogP contribution in [0.1, 0.15) is 52.9 Å². The second-order valence-corrected chi connectivity index (χ2v) is 7.84. The van der Waals surface area contributed by atoms with Crippen LogP contribution < -0.4 is 0 Å². The van der Waals surface area contributed by atoms with Crippen molar-refractivity contribution in [2.24, 2.45) is 22.7 Å². The predicted octanol–water partition coefficient (Wildman–Crippen LogP) is 4.34. The maximum Gasteiger partial charge on any atom is 0.312 e. The Bertz CT molecular complexity index is 547. The van der Waals surface area contributed by atoms with Crippen molar-refractivity contribution in [3.8, 4) is 0 Å². The SMILES string of the molecule is C=CC(C)=CCC1C(=C)CCC2C1(C)CCC(O)C2(C)C(=O)O. The summed E-state index contributed by atoms with van der Waals surface area (Å²) in [6, 6.07) is 0. The van der Waals surface area contributed by atoms with Gasteiger partial charge >= 0.3 is 5.97 Å².